The number of fused-ring (bicyclic) bond motifs is 1. The summed E-state index contributed by atoms with van der Waals surface area (Å²) in [6.45, 7) is 8.82. The molecule has 5 nitrogen and oxygen atoms in total. The van der Waals surface area contributed by atoms with Gasteiger partial charge in [-0.1, -0.05) is 12.1 Å². The van der Waals surface area contributed by atoms with Crippen LogP contribution in [0.25, 0.3) is 0 Å². The van der Waals surface area contributed by atoms with Crippen molar-refractivity contribution in [3.05, 3.63) is 41.6 Å². The SMILES string of the molecule is CCOc1cccc(C2CC(=O)Nc3c2cnn3C(C)(C)C)c1. The number of hydrogen-bond donors (Lipinski definition) is 1. The van der Waals surface area contributed by atoms with Crippen molar-refractivity contribution in [1.82, 2.24) is 9.78 Å². The van der Waals surface area contributed by atoms with Gasteiger partial charge in [0.15, 0.2) is 0 Å². The van der Waals surface area contributed by atoms with Gasteiger partial charge >= 0.3 is 0 Å². The molecule has 2 aromatic rings. The molecule has 2 heterocycles. The van der Waals surface area contributed by atoms with E-state index in [1.165, 1.54) is 0 Å². The van der Waals surface area contributed by atoms with Crippen molar-refractivity contribution in [3.63, 3.8) is 0 Å². The van der Waals surface area contributed by atoms with Gasteiger partial charge in [-0.25, -0.2) is 4.68 Å². The van der Waals surface area contributed by atoms with Gasteiger partial charge in [0.2, 0.25) is 5.91 Å². The van der Waals surface area contributed by atoms with Crippen LogP contribution >= 0.6 is 0 Å². The average molecular weight is 313 g/mol. The molecule has 122 valence electrons. The molecule has 1 amide bonds. The van der Waals surface area contributed by atoms with Gasteiger partial charge in [0.05, 0.1) is 18.3 Å². The summed E-state index contributed by atoms with van der Waals surface area (Å²) in [5.41, 5.74) is 1.96. The number of hydrogen-bond acceptors (Lipinski definition) is 3. The molecule has 1 aromatic heterocycles. The fraction of sp³-hybridized carbons (Fsp3) is 0.444. The molecule has 1 aliphatic rings. The summed E-state index contributed by atoms with van der Waals surface area (Å²) in [4.78, 5) is 12.2. The molecule has 1 atom stereocenters. The summed E-state index contributed by atoms with van der Waals surface area (Å²) in [5.74, 6) is 1.67. The number of nitrogens with zero attached hydrogens (tertiary/aromatic N) is 2. The second kappa shape index (κ2) is 5.72. The number of nitrogens with one attached hydrogen (secondary N) is 1. The topological polar surface area (TPSA) is 56.1 Å². The van der Waals surface area contributed by atoms with E-state index in [1.54, 1.807) is 0 Å². The smallest absolute Gasteiger partial charge is 0.226 e. The maximum atomic E-state index is 12.2. The molecule has 1 N–H and O–H groups in total. The molecule has 0 aliphatic carbocycles. The van der Waals surface area contributed by atoms with E-state index in [0.29, 0.717) is 13.0 Å². The molecule has 0 fully saturated rings. The minimum absolute atomic E-state index is 0.00950. The molecular formula is C18H23N3O2. The van der Waals surface area contributed by atoms with E-state index >= 15 is 0 Å². The summed E-state index contributed by atoms with van der Waals surface area (Å²) < 4.78 is 7.48. The maximum absolute atomic E-state index is 12.2. The Kier molecular flexibility index (Phi) is 3.88. The summed E-state index contributed by atoms with van der Waals surface area (Å²) in [6, 6.07) is 7.98. The first-order valence-electron chi connectivity index (χ1n) is 8.01. The van der Waals surface area contributed by atoms with E-state index in [4.69, 9.17) is 4.74 Å². The van der Waals surface area contributed by atoms with E-state index in [-0.39, 0.29) is 17.4 Å². The first-order valence-corrected chi connectivity index (χ1v) is 8.01. The molecule has 0 spiro atoms. The second-order valence-corrected chi connectivity index (χ2v) is 6.84. The number of carbonyl (C=O) groups excluding carboxylic acids is 1. The van der Waals surface area contributed by atoms with Gasteiger partial charge in [-0.15, -0.1) is 0 Å². The first-order chi connectivity index (χ1) is 10.9. The molecule has 0 radical (unpaired) electrons. The van der Waals surface area contributed by atoms with Gasteiger partial charge in [-0.2, -0.15) is 5.10 Å². The van der Waals surface area contributed by atoms with E-state index in [1.807, 2.05) is 42.1 Å². The lowest BCUT2D eigenvalue weighted by molar-refractivity contribution is -0.116. The Morgan fingerprint density at radius 2 is 2.17 bits per heavy atom. The van der Waals surface area contributed by atoms with Crippen LogP contribution in [-0.2, 0) is 10.3 Å². The Morgan fingerprint density at radius 1 is 1.39 bits per heavy atom. The third-order valence-electron chi connectivity index (χ3n) is 4.03. The van der Waals surface area contributed by atoms with Crippen LogP contribution in [0.1, 0.15) is 51.2 Å². The van der Waals surface area contributed by atoms with Gasteiger partial charge in [0.1, 0.15) is 11.6 Å². The third kappa shape index (κ3) is 2.96. The zero-order valence-electron chi connectivity index (χ0n) is 14.1. The molecule has 1 aromatic carbocycles. The number of carbonyl (C=O) groups is 1. The molecule has 0 saturated heterocycles. The minimum atomic E-state index is -0.185. The van der Waals surface area contributed by atoms with E-state index in [9.17, 15) is 4.79 Å². The predicted molar refractivity (Wildman–Crippen MR) is 89.9 cm³/mol. The van der Waals surface area contributed by atoms with Gasteiger partial charge in [-0.05, 0) is 45.4 Å². The lowest BCUT2D eigenvalue weighted by Crippen LogP contribution is -2.30. The van der Waals surface area contributed by atoms with Crippen molar-refractivity contribution in [2.24, 2.45) is 0 Å². The maximum Gasteiger partial charge on any atom is 0.226 e. The van der Waals surface area contributed by atoms with Gasteiger partial charge < -0.3 is 10.1 Å². The molecule has 0 bridgehead atoms. The standard InChI is InChI=1S/C18H23N3O2/c1-5-23-13-8-6-7-12(9-13)14-10-16(22)20-17-15(14)11-19-21(17)18(2,3)4/h6-9,11,14H,5,10H2,1-4H3,(H,20,22). The fourth-order valence-electron chi connectivity index (χ4n) is 3.01. The lowest BCUT2D eigenvalue weighted by Gasteiger charge is -2.28. The quantitative estimate of drug-likeness (QED) is 0.943. The molecular weight excluding hydrogens is 290 g/mol. The van der Waals surface area contributed by atoms with Gasteiger partial charge in [0, 0.05) is 17.9 Å². The van der Waals surface area contributed by atoms with E-state index < -0.39 is 0 Å². The normalized spacial score (nSPS) is 17.6. The van der Waals surface area contributed by atoms with Crippen LogP contribution < -0.4 is 10.1 Å². The highest BCUT2D eigenvalue weighted by Crippen LogP contribution is 2.39. The summed E-state index contributed by atoms with van der Waals surface area (Å²) in [5, 5.41) is 7.49. The Morgan fingerprint density at radius 3 is 2.87 bits per heavy atom. The highest BCUT2D eigenvalue weighted by atomic mass is 16.5. The van der Waals surface area contributed by atoms with Crippen molar-refractivity contribution in [3.8, 4) is 5.75 Å². The van der Waals surface area contributed by atoms with Crippen molar-refractivity contribution >= 4 is 11.7 Å². The van der Waals surface area contributed by atoms with Crippen LogP contribution in [0.15, 0.2) is 30.5 Å². The van der Waals surface area contributed by atoms with Gasteiger partial charge in [-0.3, -0.25) is 4.79 Å². The third-order valence-corrected chi connectivity index (χ3v) is 4.03. The molecule has 1 unspecified atom stereocenters. The second-order valence-electron chi connectivity index (χ2n) is 6.84. The summed E-state index contributed by atoms with van der Waals surface area (Å²) in [6.07, 6.45) is 2.30. The predicted octanol–water partition coefficient (Wildman–Crippen LogP) is 3.51. The summed E-state index contributed by atoms with van der Waals surface area (Å²) in [7, 11) is 0. The number of rotatable bonds is 3. The average Bonchev–Trinajstić information content (AvgIpc) is 2.90. The van der Waals surface area contributed by atoms with Crippen LogP contribution in [0.5, 0.6) is 5.75 Å². The van der Waals surface area contributed by atoms with Crippen LogP contribution in [-0.4, -0.2) is 22.3 Å². The molecule has 0 saturated carbocycles. The van der Waals surface area contributed by atoms with Crippen molar-refractivity contribution in [1.29, 1.82) is 0 Å². The van der Waals surface area contributed by atoms with E-state index in [2.05, 4.69) is 31.2 Å². The number of anilines is 1. The van der Waals surface area contributed by atoms with Crippen LogP contribution in [0.4, 0.5) is 5.82 Å². The number of amides is 1. The zero-order valence-corrected chi connectivity index (χ0v) is 14.1. The highest BCUT2D eigenvalue weighted by Gasteiger charge is 2.32. The zero-order chi connectivity index (χ0) is 16.6. The largest absolute Gasteiger partial charge is 0.494 e. The Balaban J connectivity index is 2.04. The monoisotopic (exact) mass is 313 g/mol. The number of ether oxygens (including phenoxy) is 1. The Hall–Kier alpha value is -2.30. The Bertz CT molecular complexity index is 728. The Labute approximate surface area is 136 Å². The lowest BCUT2D eigenvalue weighted by atomic mass is 9.87. The molecule has 1 aliphatic heterocycles. The highest BCUT2D eigenvalue weighted by molar-refractivity contribution is 5.94. The van der Waals surface area contributed by atoms with Crippen LogP contribution in [0, 0.1) is 0 Å². The first kappa shape index (κ1) is 15.6. The number of aromatic nitrogens is 2. The summed E-state index contributed by atoms with van der Waals surface area (Å²) >= 11 is 0. The van der Waals surface area contributed by atoms with Crippen molar-refractivity contribution in [2.45, 2.75) is 45.6 Å². The van der Waals surface area contributed by atoms with E-state index in [0.717, 1.165) is 22.7 Å². The van der Waals surface area contributed by atoms with Crippen LogP contribution in [0.2, 0.25) is 0 Å². The number of benzene rings is 1. The fourth-order valence-corrected chi connectivity index (χ4v) is 3.01. The van der Waals surface area contributed by atoms with Crippen molar-refractivity contribution in [2.75, 3.05) is 11.9 Å². The minimum Gasteiger partial charge on any atom is -0.494 e. The molecule has 23 heavy (non-hydrogen) atoms. The van der Waals surface area contributed by atoms with Crippen LogP contribution in [0.3, 0.4) is 0 Å². The van der Waals surface area contributed by atoms with Gasteiger partial charge in [0.25, 0.3) is 0 Å². The molecule has 5 heteroatoms. The van der Waals surface area contributed by atoms with Crippen molar-refractivity contribution < 1.29 is 9.53 Å². The molecule has 3 rings (SSSR count).